The van der Waals surface area contributed by atoms with E-state index in [4.69, 9.17) is 5.73 Å². The molecule has 0 aliphatic rings. The third-order valence-corrected chi connectivity index (χ3v) is 2.26. The summed E-state index contributed by atoms with van der Waals surface area (Å²) in [5, 5.41) is 4.21. The van der Waals surface area contributed by atoms with E-state index < -0.39 is 0 Å². The molecule has 0 unspecified atom stereocenters. The van der Waals surface area contributed by atoms with Crippen LogP contribution in [0.2, 0.25) is 0 Å². The fourth-order valence-corrected chi connectivity index (χ4v) is 1.49. The van der Waals surface area contributed by atoms with Gasteiger partial charge in [0.1, 0.15) is 11.6 Å². The molecule has 1 aromatic heterocycles. The quantitative estimate of drug-likeness (QED) is 0.817. The molecule has 2 N–H and O–H groups in total. The van der Waals surface area contributed by atoms with Gasteiger partial charge in [0.05, 0.1) is 5.69 Å². The standard InChI is InChI=1S/C11H12FN3/c1-2-15-11(13)7-10(14-15)8-5-3-4-6-9(8)12/h3-7H,2,13H2,1H3. The molecule has 0 aliphatic heterocycles. The summed E-state index contributed by atoms with van der Waals surface area (Å²) < 4.78 is 15.1. The highest BCUT2D eigenvalue weighted by molar-refractivity contribution is 5.62. The summed E-state index contributed by atoms with van der Waals surface area (Å²) in [7, 11) is 0. The van der Waals surface area contributed by atoms with E-state index in [9.17, 15) is 4.39 Å². The number of benzene rings is 1. The molecular weight excluding hydrogens is 193 g/mol. The summed E-state index contributed by atoms with van der Waals surface area (Å²) in [5.41, 5.74) is 6.78. The molecule has 1 heterocycles. The molecule has 0 spiro atoms. The highest BCUT2D eigenvalue weighted by Crippen LogP contribution is 2.22. The molecule has 1 aromatic carbocycles. The molecule has 2 aromatic rings. The summed E-state index contributed by atoms with van der Waals surface area (Å²) in [6.45, 7) is 2.62. The Morgan fingerprint density at radius 1 is 1.40 bits per heavy atom. The topological polar surface area (TPSA) is 43.8 Å². The van der Waals surface area contributed by atoms with Gasteiger partial charge < -0.3 is 5.73 Å². The number of anilines is 1. The number of halogens is 1. The predicted octanol–water partition coefficient (Wildman–Crippen LogP) is 2.29. The van der Waals surface area contributed by atoms with Gasteiger partial charge in [-0.15, -0.1) is 0 Å². The van der Waals surface area contributed by atoms with Gasteiger partial charge in [-0.3, -0.25) is 0 Å². The number of nitrogens with two attached hydrogens (primary N) is 1. The molecule has 0 fully saturated rings. The van der Waals surface area contributed by atoms with Gasteiger partial charge in [-0.05, 0) is 19.1 Å². The molecule has 0 amide bonds. The van der Waals surface area contributed by atoms with Gasteiger partial charge in [0.15, 0.2) is 0 Å². The lowest BCUT2D eigenvalue weighted by Crippen LogP contribution is -2.01. The van der Waals surface area contributed by atoms with Crippen LogP contribution in [-0.4, -0.2) is 9.78 Å². The maximum atomic E-state index is 13.4. The zero-order valence-electron chi connectivity index (χ0n) is 8.44. The molecule has 0 bridgehead atoms. The van der Waals surface area contributed by atoms with Crippen LogP contribution in [0.5, 0.6) is 0 Å². The van der Waals surface area contributed by atoms with E-state index in [1.54, 1.807) is 28.9 Å². The monoisotopic (exact) mass is 205 g/mol. The molecule has 0 atom stereocenters. The van der Waals surface area contributed by atoms with Crippen LogP contribution in [0, 0.1) is 5.82 Å². The van der Waals surface area contributed by atoms with E-state index in [-0.39, 0.29) is 5.82 Å². The van der Waals surface area contributed by atoms with Crippen molar-refractivity contribution in [1.29, 1.82) is 0 Å². The van der Waals surface area contributed by atoms with Crippen LogP contribution in [-0.2, 0) is 6.54 Å². The number of nitrogen functional groups attached to an aromatic ring is 1. The van der Waals surface area contributed by atoms with Gasteiger partial charge in [-0.1, -0.05) is 12.1 Å². The van der Waals surface area contributed by atoms with Crippen molar-refractivity contribution < 1.29 is 4.39 Å². The Labute approximate surface area is 87.3 Å². The zero-order chi connectivity index (χ0) is 10.8. The van der Waals surface area contributed by atoms with Crippen molar-refractivity contribution in [2.75, 3.05) is 5.73 Å². The number of nitrogens with zero attached hydrogens (tertiary/aromatic N) is 2. The van der Waals surface area contributed by atoms with E-state index in [1.165, 1.54) is 6.07 Å². The van der Waals surface area contributed by atoms with Gasteiger partial charge in [-0.2, -0.15) is 5.10 Å². The second-order valence-electron chi connectivity index (χ2n) is 3.25. The average Bonchev–Trinajstić information content (AvgIpc) is 2.60. The summed E-state index contributed by atoms with van der Waals surface area (Å²) in [4.78, 5) is 0. The lowest BCUT2D eigenvalue weighted by atomic mass is 10.1. The maximum absolute atomic E-state index is 13.4. The average molecular weight is 205 g/mol. The molecule has 0 aliphatic carbocycles. The Hall–Kier alpha value is -1.84. The van der Waals surface area contributed by atoms with E-state index in [2.05, 4.69) is 5.10 Å². The largest absolute Gasteiger partial charge is 0.384 e. The van der Waals surface area contributed by atoms with Crippen LogP contribution in [0.3, 0.4) is 0 Å². The SMILES string of the molecule is CCn1nc(-c2ccccc2F)cc1N. The third-order valence-electron chi connectivity index (χ3n) is 2.26. The van der Waals surface area contributed by atoms with Gasteiger partial charge >= 0.3 is 0 Å². The highest BCUT2D eigenvalue weighted by Gasteiger charge is 2.09. The van der Waals surface area contributed by atoms with E-state index in [0.29, 0.717) is 23.6 Å². The number of aromatic nitrogens is 2. The predicted molar refractivity (Wildman–Crippen MR) is 57.7 cm³/mol. The van der Waals surface area contributed by atoms with Crippen LogP contribution in [0.15, 0.2) is 30.3 Å². The first-order valence-corrected chi connectivity index (χ1v) is 4.80. The highest BCUT2D eigenvalue weighted by atomic mass is 19.1. The van der Waals surface area contributed by atoms with Crippen molar-refractivity contribution in [3.8, 4) is 11.3 Å². The minimum Gasteiger partial charge on any atom is -0.384 e. The Balaban J connectivity index is 2.50. The molecule has 15 heavy (non-hydrogen) atoms. The number of hydrogen-bond donors (Lipinski definition) is 1. The minimum absolute atomic E-state index is 0.279. The fraction of sp³-hybridized carbons (Fsp3) is 0.182. The minimum atomic E-state index is -0.279. The Morgan fingerprint density at radius 2 is 2.13 bits per heavy atom. The van der Waals surface area contributed by atoms with Crippen LogP contribution >= 0.6 is 0 Å². The number of hydrogen-bond acceptors (Lipinski definition) is 2. The van der Waals surface area contributed by atoms with Crippen LogP contribution in [0.1, 0.15) is 6.92 Å². The summed E-state index contributed by atoms with van der Waals surface area (Å²) in [6, 6.07) is 8.22. The molecule has 2 rings (SSSR count). The van der Waals surface area contributed by atoms with Crippen LogP contribution in [0.25, 0.3) is 11.3 Å². The van der Waals surface area contributed by atoms with Crippen molar-refractivity contribution in [2.45, 2.75) is 13.5 Å². The first kappa shape index (κ1) is 9.71. The third kappa shape index (κ3) is 1.70. The molecule has 78 valence electrons. The first-order chi connectivity index (χ1) is 7.22. The lowest BCUT2D eigenvalue weighted by molar-refractivity contribution is 0.628. The molecule has 4 heteroatoms. The maximum Gasteiger partial charge on any atom is 0.132 e. The first-order valence-electron chi connectivity index (χ1n) is 4.80. The molecule has 0 saturated heterocycles. The fourth-order valence-electron chi connectivity index (χ4n) is 1.49. The second-order valence-corrected chi connectivity index (χ2v) is 3.25. The van der Waals surface area contributed by atoms with Gasteiger partial charge in [0, 0.05) is 18.2 Å². The molecule has 3 nitrogen and oxygen atoms in total. The van der Waals surface area contributed by atoms with Crippen molar-refractivity contribution in [3.05, 3.63) is 36.1 Å². The Morgan fingerprint density at radius 3 is 2.73 bits per heavy atom. The van der Waals surface area contributed by atoms with Crippen molar-refractivity contribution in [3.63, 3.8) is 0 Å². The molecule has 0 saturated carbocycles. The second kappa shape index (κ2) is 3.73. The Kier molecular flexibility index (Phi) is 2.41. The van der Waals surface area contributed by atoms with Gasteiger partial charge in [-0.25, -0.2) is 9.07 Å². The normalized spacial score (nSPS) is 10.5. The van der Waals surface area contributed by atoms with E-state index in [1.807, 2.05) is 6.92 Å². The van der Waals surface area contributed by atoms with Crippen molar-refractivity contribution >= 4 is 5.82 Å². The Bertz CT molecular complexity index is 476. The van der Waals surface area contributed by atoms with E-state index in [0.717, 1.165) is 0 Å². The smallest absolute Gasteiger partial charge is 0.132 e. The van der Waals surface area contributed by atoms with Crippen LogP contribution in [0.4, 0.5) is 10.2 Å². The summed E-state index contributed by atoms with van der Waals surface area (Å²) in [5.74, 6) is 0.272. The number of rotatable bonds is 2. The zero-order valence-corrected chi connectivity index (χ0v) is 8.44. The van der Waals surface area contributed by atoms with Crippen molar-refractivity contribution in [1.82, 2.24) is 9.78 Å². The summed E-state index contributed by atoms with van der Waals surface area (Å²) >= 11 is 0. The van der Waals surface area contributed by atoms with Gasteiger partial charge in [0.2, 0.25) is 0 Å². The molecule has 0 radical (unpaired) electrons. The summed E-state index contributed by atoms with van der Waals surface area (Å²) in [6.07, 6.45) is 0. The number of aryl methyl sites for hydroxylation is 1. The molecular formula is C11H12FN3. The van der Waals surface area contributed by atoms with Crippen molar-refractivity contribution in [2.24, 2.45) is 0 Å². The lowest BCUT2D eigenvalue weighted by Gasteiger charge is -1.98. The van der Waals surface area contributed by atoms with Gasteiger partial charge in [0.25, 0.3) is 0 Å². The van der Waals surface area contributed by atoms with E-state index >= 15 is 0 Å². The van der Waals surface area contributed by atoms with Crippen LogP contribution < -0.4 is 5.73 Å².